The van der Waals surface area contributed by atoms with Crippen LogP contribution < -0.4 is 47.7 Å². The number of alkyl carbamates (subject to hydrolysis) is 1. The van der Waals surface area contributed by atoms with Crippen LogP contribution in [0.1, 0.15) is 47.1 Å². The standard InChI is InChI=1S/C63H74ClN11O9/c64-45-21-15-41(16-22-45)20-26-51-62(80)75-37-47(83-63(81)67-28-27-65)35-55(75)60(79)69-50(25-19-40-9-3-1-4-10-40)57(76)71-53(34-44-36-68-49-14-8-7-13-48(44)49)59(78)72-54(38-74-31-29-66-30-32-74)56-61(84-56)73-52(58(77)70-51)33-42-17-23-46(24-18-42)82-39-43-11-5-2-6-12-43/h1-18,21-24,36,47,50-56,61,66,68,73H,19-20,25-35,37-39,65H2,(H,67,81)(H,69,79)(H,70,77)(H,71,76)(H,72,78)/t47-,50+,51+,52+,53-,54+,55+,56?,61?/m1/s1. The van der Waals surface area contributed by atoms with Crippen molar-refractivity contribution in [3.05, 3.63) is 172 Å². The SMILES string of the molecule is NCCNC(=O)O[C@@H]1C[C@H]2C(=O)N[C@@H](CCc3ccccc3)C(=O)N[C@H](Cc3c[nH]c4ccccc34)C(=O)N[C@@H](CN3CCNCC3)C3OC3N[C@@H](Cc3ccc(OCc4ccccc4)cc3)C(=O)N[C@@H](CCc3ccc(Cl)cc3)C(=O)N2C1. The molecule has 1 aromatic heterocycles. The van der Waals surface area contributed by atoms with E-state index in [9.17, 15) is 4.79 Å². The molecule has 10 N–H and O–H groups in total. The summed E-state index contributed by atoms with van der Waals surface area (Å²) < 4.78 is 18.4. The molecule has 10 rings (SSSR count). The minimum Gasteiger partial charge on any atom is -0.489 e. The minimum atomic E-state index is -1.28. The molecule has 0 radical (unpaired) electrons. The number of nitrogens with zero attached hydrogens (tertiary/aromatic N) is 2. The number of carbonyl (C=O) groups excluding carboxylic acids is 6. The number of H-pyrrole nitrogens is 1. The van der Waals surface area contributed by atoms with Crippen molar-refractivity contribution in [2.45, 2.75) is 106 Å². The lowest BCUT2D eigenvalue weighted by Crippen LogP contribution is -2.59. The average molecular weight is 1160 g/mol. The molecule has 0 spiro atoms. The number of halogens is 1. The normalized spacial score (nSPS) is 24.5. The molecule has 20 nitrogen and oxygen atoms in total. The summed E-state index contributed by atoms with van der Waals surface area (Å²) in [6.45, 7) is 3.75. The Balaban J connectivity index is 1.02. The van der Waals surface area contributed by atoms with E-state index < -0.39 is 90.3 Å². The molecule has 0 saturated carbocycles. The fourth-order valence-corrected chi connectivity index (χ4v) is 11.4. The zero-order valence-corrected chi connectivity index (χ0v) is 47.6. The summed E-state index contributed by atoms with van der Waals surface area (Å²) in [6, 6.07) is 35.2. The predicted octanol–water partition coefficient (Wildman–Crippen LogP) is 3.65. The molecule has 6 aromatic rings. The maximum atomic E-state index is 15.5. The number of hydrogen-bond acceptors (Lipinski definition) is 13. The fraction of sp³-hybridized carbons (Fsp3) is 0.397. The van der Waals surface area contributed by atoms with E-state index in [2.05, 4.69) is 47.1 Å². The molecular formula is C63H74ClN11O9. The second kappa shape index (κ2) is 28.6. The summed E-state index contributed by atoms with van der Waals surface area (Å²) in [4.78, 5) is 96.3. The van der Waals surface area contributed by atoms with Crippen molar-refractivity contribution >= 4 is 58.1 Å². The zero-order chi connectivity index (χ0) is 58.4. The molecule has 4 aliphatic rings. The first-order valence-electron chi connectivity index (χ1n) is 29.0. The minimum absolute atomic E-state index is 0.0837. The molecule has 6 amide bonds. The van der Waals surface area contributed by atoms with E-state index >= 15 is 24.0 Å². The summed E-state index contributed by atoms with van der Waals surface area (Å²) >= 11 is 6.29. The maximum Gasteiger partial charge on any atom is 0.407 e. The van der Waals surface area contributed by atoms with Gasteiger partial charge in [0, 0.05) is 80.8 Å². The molecule has 5 aromatic carbocycles. The monoisotopic (exact) mass is 1160 g/mol. The summed E-state index contributed by atoms with van der Waals surface area (Å²) in [7, 11) is 0. The van der Waals surface area contributed by atoms with Crippen molar-refractivity contribution in [2.24, 2.45) is 5.73 Å². The van der Waals surface area contributed by atoms with E-state index in [0.29, 0.717) is 49.9 Å². The molecule has 2 unspecified atom stereocenters. The third-order valence-corrected chi connectivity index (χ3v) is 16.2. The van der Waals surface area contributed by atoms with Crippen LogP contribution in [0.3, 0.4) is 0 Å². The number of piperazine rings is 1. The first kappa shape index (κ1) is 59.3. The number of aromatic nitrogens is 1. The number of nitrogens with one attached hydrogen (secondary N) is 8. The third kappa shape index (κ3) is 16.1. The van der Waals surface area contributed by atoms with Gasteiger partial charge in [-0.25, -0.2) is 4.79 Å². The smallest absolute Gasteiger partial charge is 0.407 e. The van der Waals surface area contributed by atoms with Crippen molar-refractivity contribution in [1.29, 1.82) is 0 Å². The lowest BCUT2D eigenvalue weighted by Gasteiger charge is -2.32. The highest BCUT2D eigenvalue weighted by Gasteiger charge is 2.50. The van der Waals surface area contributed by atoms with Gasteiger partial charge < -0.3 is 61.7 Å². The highest BCUT2D eigenvalue weighted by molar-refractivity contribution is 6.30. The lowest BCUT2D eigenvalue weighted by molar-refractivity contribution is -0.142. The van der Waals surface area contributed by atoms with Crippen LogP contribution in [0.5, 0.6) is 5.75 Å². The second-order valence-electron chi connectivity index (χ2n) is 22.0. The van der Waals surface area contributed by atoms with Crippen LogP contribution in [0.15, 0.2) is 140 Å². The Morgan fingerprint density at radius 1 is 0.679 bits per heavy atom. The van der Waals surface area contributed by atoms with Gasteiger partial charge in [0.05, 0.1) is 18.6 Å². The van der Waals surface area contributed by atoms with Crippen LogP contribution in [0, 0.1) is 0 Å². The summed E-state index contributed by atoms with van der Waals surface area (Å²) in [6.07, 6.45) is -0.274. The van der Waals surface area contributed by atoms with E-state index in [1.807, 2.05) is 128 Å². The van der Waals surface area contributed by atoms with Gasteiger partial charge in [0.25, 0.3) is 0 Å². The van der Waals surface area contributed by atoms with Gasteiger partial charge in [0.15, 0.2) is 0 Å². The number of hydrogen-bond donors (Lipinski definition) is 9. The topological polar surface area (TPSA) is 266 Å². The van der Waals surface area contributed by atoms with E-state index in [0.717, 1.165) is 51.8 Å². The van der Waals surface area contributed by atoms with Gasteiger partial charge >= 0.3 is 6.09 Å². The van der Waals surface area contributed by atoms with Crippen LogP contribution in [0.4, 0.5) is 4.79 Å². The Bertz CT molecular complexity index is 3190. The molecular weight excluding hydrogens is 1090 g/mol. The third-order valence-electron chi connectivity index (χ3n) is 15.9. The largest absolute Gasteiger partial charge is 0.489 e. The van der Waals surface area contributed by atoms with E-state index in [1.165, 1.54) is 4.90 Å². The van der Waals surface area contributed by atoms with Crippen molar-refractivity contribution in [3.63, 3.8) is 0 Å². The van der Waals surface area contributed by atoms with Crippen LogP contribution >= 0.6 is 11.6 Å². The summed E-state index contributed by atoms with van der Waals surface area (Å²) in [5.74, 6) is -2.26. The molecule has 4 aliphatic heterocycles. The summed E-state index contributed by atoms with van der Waals surface area (Å²) in [5, 5.41) is 23.3. The van der Waals surface area contributed by atoms with Gasteiger partial charge in [-0.1, -0.05) is 115 Å². The highest BCUT2D eigenvalue weighted by atomic mass is 35.5. The Morgan fingerprint density at radius 2 is 1.31 bits per heavy atom. The summed E-state index contributed by atoms with van der Waals surface area (Å²) in [5.41, 5.74) is 10.9. The molecule has 21 heteroatoms. The average Bonchev–Trinajstić information content (AvgIpc) is 4.20. The molecule has 4 fully saturated rings. The van der Waals surface area contributed by atoms with Crippen molar-refractivity contribution in [1.82, 2.24) is 52.0 Å². The number of ether oxygens (including phenoxy) is 3. The number of carbonyl (C=O) groups is 6. The van der Waals surface area contributed by atoms with Gasteiger partial charge in [-0.05, 0) is 90.3 Å². The molecule has 9 atom stereocenters. The number of aromatic amines is 1. The molecule has 5 heterocycles. The lowest BCUT2D eigenvalue weighted by atomic mass is 10.0. The fourth-order valence-electron chi connectivity index (χ4n) is 11.3. The number of fused-ring (bicyclic) bond motifs is 3. The quantitative estimate of drug-likeness (QED) is 0.0558. The second-order valence-corrected chi connectivity index (χ2v) is 22.4. The Kier molecular flexibility index (Phi) is 20.2. The van der Waals surface area contributed by atoms with Crippen LogP contribution in [0.25, 0.3) is 10.9 Å². The molecule has 84 heavy (non-hydrogen) atoms. The van der Waals surface area contributed by atoms with Gasteiger partial charge in [-0.2, -0.15) is 0 Å². The first-order valence-corrected chi connectivity index (χ1v) is 29.4. The number of epoxide rings is 1. The Hall–Kier alpha value is -7.85. The van der Waals surface area contributed by atoms with Crippen LogP contribution in [-0.4, -0.2) is 157 Å². The molecule has 442 valence electrons. The van der Waals surface area contributed by atoms with Crippen molar-refractivity contribution in [3.8, 4) is 5.75 Å². The van der Waals surface area contributed by atoms with Crippen LogP contribution in [-0.2, 0) is 65.7 Å². The number of benzene rings is 5. The molecule has 0 bridgehead atoms. The van der Waals surface area contributed by atoms with Crippen molar-refractivity contribution in [2.75, 3.05) is 52.4 Å². The highest BCUT2D eigenvalue weighted by Crippen LogP contribution is 2.29. The van der Waals surface area contributed by atoms with Crippen LogP contribution in [0.2, 0.25) is 5.02 Å². The zero-order valence-electron chi connectivity index (χ0n) is 46.8. The maximum absolute atomic E-state index is 15.5. The van der Waals surface area contributed by atoms with E-state index in [4.69, 9.17) is 31.5 Å². The predicted molar refractivity (Wildman–Crippen MR) is 318 cm³/mol. The van der Waals surface area contributed by atoms with Gasteiger partial charge in [-0.3, -0.25) is 34.2 Å². The first-order chi connectivity index (χ1) is 40.9. The Labute approximate surface area is 493 Å². The number of nitrogens with two attached hydrogens (primary N) is 1. The Morgan fingerprint density at radius 3 is 2.05 bits per heavy atom. The number of para-hydroxylation sites is 1. The molecule has 0 aliphatic carbocycles. The van der Waals surface area contributed by atoms with E-state index in [1.54, 1.807) is 12.1 Å². The number of aryl methyl sites for hydroxylation is 2. The van der Waals surface area contributed by atoms with Crippen molar-refractivity contribution < 1.29 is 43.0 Å². The van der Waals surface area contributed by atoms with Gasteiger partial charge in [0.2, 0.25) is 29.5 Å². The van der Waals surface area contributed by atoms with Gasteiger partial charge in [-0.15, -0.1) is 0 Å². The molecule has 4 saturated heterocycles. The number of amides is 6. The van der Waals surface area contributed by atoms with E-state index in [-0.39, 0.29) is 51.7 Å². The van der Waals surface area contributed by atoms with Gasteiger partial charge in [0.1, 0.15) is 55.0 Å². The number of rotatable bonds is 18.